The SMILES string of the molecule is CC1(C)CCC(CN2CCCNCC2)CC1. The minimum Gasteiger partial charge on any atom is -0.315 e. The van der Waals surface area contributed by atoms with Crippen molar-refractivity contribution in [3.63, 3.8) is 0 Å². The monoisotopic (exact) mass is 224 g/mol. The second-order valence-electron chi connectivity index (χ2n) is 6.51. The summed E-state index contributed by atoms with van der Waals surface area (Å²) in [6.45, 7) is 11.2. The molecule has 0 aromatic rings. The van der Waals surface area contributed by atoms with Gasteiger partial charge in [0.15, 0.2) is 0 Å². The zero-order valence-corrected chi connectivity index (χ0v) is 11.1. The van der Waals surface area contributed by atoms with Crippen molar-refractivity contribution in [2.45, 2.75) is 46.0 Å². The van der Waals surface area contributed by atoms with Gasteiger partial charge in [-0.2, -0.15) is 0 Å². The molecule has 2 heteroatoms. The van der Waals surface area contributed by atoms with Gasteiger partial charge in [0.2, 0.25) is 0 Å². The molecule has 2 rings (SSSR count). The van der Waals surface area contributed by atoms with E-state index in [0.29, 0.717) is 5.41 Å². The Labute approximate surface area is 101 Å². The fourth-order valence-electron chi connectivity index (χ4n) is 3.09. The van der Waals surface area contributed by atoms with E-state index in [1.54, 1.807) is 0 Å². The molecule has 1 aliphatic carbocycles. The highest BCUT2D eigenvalue weighted by atomic mass is 15.1. The van der Waals surface area contributed by atoms with Crippen LogP contribution >= 0.6 is 0 Å². The normalized spacial score (nSPS) is 28.9. The van der Waals surface area contributed by atoms with Gasteiger partial charge in [-0.05, 0) is 56.5 Å². The molecule has 0 bridgehead atoms. The summed E-state index contributed by atoms with van der Waals surface area (Å²) in [5.41, 5.74) is 0.622. The second kappa shape index (κ2) is 5.50. The van der Waals surface area contributed by atoms with Crippen LogP contribution in [0.2, 0.25) is 0 Å². The summed E-state index contributed by atoms with van der Waals surface area (Å²) in [7, 11) is 0. The summed E-state index contributed by atoms with van der Waals surface area (Å²) in [4.78, 5) is 2.68. The molecular weight excluding hydrogens is 196 g/mol. The first-order valence-electron chi connectivity index (χ1n) is 7.09. The third kappa shape index (κ3) is 3.74. The van der Waals surface area contributed by atoms with E-state index in [-0.39, 0.29) is 0 Å². The Balaban J connectivity index is 1.73. The molecule has 2 aliphatic rings. The van der Waals surface area contributed by atoms with Gasteiger partial charge in [-0.25, -0.2) is 0 Å². The molecule has 0 atom stereocenters. The van der Waals surface area contributed by atoms with Crippen molar-refractivity contribution < 1.29 is 0 Å². The van der Waals surface area contributed by atoms with E-state index in [9.17, 15) is 0 Å². The average Bonchev–Trinajstić information content (AvgIpc) is 2.50. The van der Waals surface area contributed by atoms with Gasteiger partial charge < -0.3 is 10.2 Å². The standard InChI is InChI=1S/C14H28N2/c1-14(2)6-4-13(5-7-14)12-16-10-3-8-15-9-11-16/h13,15H,3-12H2,1-2H3. The summed E-state index contributed by atoms with van der Waals surface area (Å²) >= 11 is 0. The smallest absolute Gasteiger partial charge is 0.0107 e. The summed E-state index contributed by atoms with van der Waals surface area (Å²) < 4.78 is 0. The predicted molar refractivity (Wildman–Crippen MR) is 69.7 cm³/mol. The Morgan fingerprint density at radius 1 is 1.12 bits per heavy atom. The fraction of sp³-hybridized carbons (Fsp3) is 1.00. The number of rotatable bonds is 2. The van der Waals surface area contributed by atoms with Gasteiger partial charge >= 0.3 is 0 Å². The van der Waals surface area contributed by atoms with E-state index in [2.05, 4.69) is 24.1 Å². The van der Waals surface area contributed by atoms with E-state index in [1.165, 1.54) is 64.8 Å². The van der Waals surface area contributed by atoms with Crippen LogP contribution in [0.3, 0.4) is 0 Å². The highest BCUT2D eigenvalue weighted by Gasteiger charge is 2.27. The number of hydrogen-bond donors (Lipinski definition) is 1. The molecule has 1 saturated heterocycles. The van der Waals surface area contributed by atoms with Crippen molar-refractivity contribution in [1.29, 1.82) is 0 Å². The van der Waals surface area contributed by atoms with Gasteiger partial charge in [-0.15, -0.1) is 0 Å². The molecule has 2 fully saturated rings. The number of hydrogen-bond acceptors (Lipinski definition) is 2. The lowest BCUT2D eigenvalue weighted by atomic mass is 9.73. The molecule has 2 nitrogen and oxygen atoms in total. The van der Waals surface area contributed by atoms with Crippen LogP contribution in [-0.4, -0.2) is 37.6 Å². The molecule has 1 aliphatic heterocycles. The van der Waals surface area contributed by atoms with Crippen molar-refractivity contribution >= 4 is 0 Å². The van der Waals surface area contributed by atoms with E-state index in [4.69, 9.17) is 0 Å². The minimum atomic E-state index is 0.622. The van der Waals surface area contributed by atoms with Gasteiger partial charge in [0.25, 0.3) is 0 Å². The lowest BCUT2D eigenvalue weighted by Gasteiger charge is -2.36. The zero-order valence-electron chi connectivity index (χ0n) is 11.1. The van der Waals surface area contributed by atoms with Crippen molar-refractivity contribution in [1.82, 2.24) is 10.2 Å². The van der Waals surface area contributed by atoms with Gasteiger partial charge in [0, 0.05) is 19.6 Å². The molecule has 1 heterocycles. The first kappa shape index (κ1) is 12.4. The molecule has 16 heavy (non-hydrogen) atoms. The zero-order chi connectivity index (χ0) is 11.4. The fourth-order valence-corrected chi connectivity index (χ4v) is 3.09. The number of nitrogens with zero attached hydrogens (tertiary/aromatic N) is 1. The average molecular weight is 224 g/mol. The van der Waals surface area contributed by atoms with Gasteiger partial charge in [-0.1, -0.05) is 13.8 Å². The highest BCUT2D eigenvalue weighted by molar-refractivity contribution is 4.80. The van der Waals surface area contributed by atoms with Crippen LogP contribution in [-0.2, 0) is 0 Å². The molecule has 94 valence electrons. The molecule has 0 radical (unpaired) electrons. The first-order valence-corrected chi connectivity index (χ1v) is 7.09. The first-order chi connectivity index (χ1) is 7.66. The Morgan fingerprint density at radius 2 is 1.88 bits per heavy atom. The lowest BCUT2D eigenvalue weighted by Crippen LogP contribution is -2.35. The molecule has 1 saturated carbocycles. The molecule has 0 unspecified atom stereocenters. The van der Waals surface area contributed by atoms with E-state index in [1.807, 2.05) is 0 Å². The molecule has 0 aromatic carbocycles. The molecular formula is C14H28N2. The molecule has 0 amide bonds. The maximum atomic E-state index is 3.49. The van der Waals surface area contributed by atoms with Gasteiger partial charge in [-0.3, -0.25) is 0 Å². The van der Waals surface area contributed by atoms with Crippen molar-refractivity contribution in [2.75, 3.05) is 32.7 Å². The van der Waals surface area contributed by atoms with E-state index in [0.717, 1.165) is 5.92 Å². The third-order valence-corrected chi connectivity index (χ3v) is 4.41. The van der Waals surface area contributed by atoms with E-state index < -0.39 is 0 Å². The van der Waals surface area contributed by atoms with E-state index >= 15 is 0 Å². The second-order valence-corrected chi connectivity index (χ2v) is 6.51. The maximum Gasteiger partial charge on any atom is 0.0107 e. The quantitative estimate of drug-likeness (QED) is 0.775. The minimum absolute atomic E-state index is 0.622. The summed E-state index contributed by atoms with van der Waals surface area (Å²) in [6.07, 6.45) is 7.11. The largest absolute Gasteiger partial charge is 0.315 e. The summed E-state index contributed by atoms with van der Waals surface area (Å²) in [5, 5.41) is 3.49. The van der Waals surface area contributed by atoms with Crippen molar-refractivity contribution in [2.24, 2.45) is 11.3 Å². The Morgan fingerprint density at radius 3 is 2.62 bits per heavy atom. The maximum absolute atomic E-state index is 3.49. The molecule has 0 aromatic heterocycles. The Hall–Kier alpha value is -0.0800. The van der Waals surface area contributed by atoms with Crippen LogP contribution in [0.15, 0.2) is 0 Å². The van der Waals surface area contributed by atoms with Crippen molar-refractivity contribution in [3.05, 3.63) is 0 Å². The summed E-state index contributed by atoms with van der Waals surface area (Å²) in [6, 6.07) is 0. The van der Waals surface area contributed by atoms with Gasteiger partial charge in [0.05, 0.1) is 0 Å². The van der Waals surface area contributed by atoms with Gasteiger partial charge in [0.1, 0.15) is 0 Å². The van der Waals surface area contributed by atoms with Crippen molar-refractivity contribution in [3.8, 4) is 0 Å². The predicted octanol–water partition coefficient (Wildman–Crippen LogP) is 2.50. The Bertz CT molecular complexity index is 195. The lowest BCUT2D eigenvalue weighted by molar-refractivity contribution is 0.148. The van der Waals surface area contributed by atoms with Crippen LogP contribution in [0.4, 0.5) is 0 Å². The molecule has 1 N–H and O–H groups in total. The van der Waals surface area contributed by atoms with Crippen LogP contribution < -0.4 is 5.32 Å². The summed E-state index contributed by atoms with van der Waals surface area (Å²) in [5.74, 6) is 0.978. The topological polar surface area (TPSA) is 15.3 Å². The van der Waals surface area contributed by atoms with Crippen LogP contribution in [0, 0.1) is 11.3 Å². The highest BCUT2D eigenvalue weighted by Crippen LogP contribution is 2.38. The third-order valence-electron chi connectivity index (χ3n) is 4.41. The van der Waals surface area contributed by atoms with Crippen LogP contribution in [0.5, 0.6) is 0 Å². The molecule has 0 spiro atoms. The number of nitrogens with one attached hydrogen (secondary N) is 1. The van der Waals surface area contributed by atoms with Crippen LogP contribution in [0.1, 0.15) is 46.0 Å². The Kier molecular flexibility index (Phi) is 4.26. The van der Waals surface area contributed by atoms with Crippen LogP contribution in [0.25, 0.3) is 0 Å².